The van der Waals surface area contributed by atoms with Crippen LogP contribution in [0.5, 0.6) is 0 Å². The minimum atomic E-state index is -3.98. The summed E-state index contributed by atoms with van der Waals surface area (Å²) in [6.07, 6.45) is 3.48. The summed E-state index contributed by atoms with van der Waals surface area (Å²) in [6, 6.07) is 1.83. The lowest BCUT2D eigenvalue weighted by atomic mass is 9.98. The molecule has 0 amide bonds. The van der Waals surface area contributed by atoms with E-state index >= 15 is 0 Å². The summed E-state index contributed by atoms with van der Waals surface area (Å²) < 4.78 is 53.5. The van der Waals surface area contributed by atoms with E-state index in [0.717, 1.165) is 37.8 Å². The Labute approximate surface area is 124 Å². The van der Waals surface area contributed by atoms with E-state index in [-0.39, 0.29) is 0 Å². The third-order valence-electron chi connectivity index (χ3n) is 4.09. The number of hydrogen-bond acceptors (Lipinski definition) is 3. The Morgan fingerprint density at radius 2 is 2.00 bits per heavy atom. The molecule has 0 radical (unpaired) electrons. The standard InChI is InChI=1S/C14H20F2N2O2S/c1-2-10-4-3-8-18(9-7-10)21(19,20)12-6-5-11(15)14(17)13(12)16/h5-6,10H,2-4,7-9,17H2,1H3. The molecule has 1 aliphatic rings. The highest BCUT2D eigenvalue weighted by atomic mass is 32.2. The lowest BCUT2D eigenvalue weighted by Gasteiger charge is -2.21. The van der Waals surface area contributed by atoms with Crippen molar-refractivity contribution >= 4 is 15.7 Å². The smallest absolute Gasteiger partial charge is 0.246 e. The van der Waals surface area contributed by atoms with Crippen LogP contribution in [0.1, 0.15) is 32.6 Å². The molecule has 118 valence electrons. The fraction of sp³-hybridized carbons (Fsp3) is 0.571. The Kier molecular flexibility index (Phi) is 4.83. The lowest BCUT2D eigenvalue weighted by molar-refractivity contribution is 0.404. The van der Waals surface area contributed by atoms with Crippen LogP contribution < -0.4 is 5.73 Å². The van der Waals surface area contributed by atoms with E-state index < -0.39 is 32.2 Å². The van der Waals surface area contributed by atoms with Gasteiger partial charge in [0.25, 0.3) is 0 Å². The number of nitrogens with two attached hydrogens (primary N) is 1. The second kappa shape index (κ2) is 6.27. The largest absolute Gasteiger partial charge is 0.394 e. The zero-order valence-corrected chi connectivity index (χ0v) is 12.8. The minimum absolute atomic E-state index is 0.357. The van der Waals surface area contributed by atoms with Crippen molar-refractivity contribution in [1.29, 1.82) is 0 Å². The maximum atomic E-state index is 14.0. The molecule has 1 fully saturated rings. The van der Waals surface area contributed by atoms with Gasteiger partial charge in [0.2, 0.25) is 10.0 Å². The van der Waals surface area contributed by atoms with Gasteiger partial charge in [0.1, 0.15) is 16.4 Å². The van der Waals surface area contributed by atoms with Crippen molar-refractivity contribution in [3.63, 3.8) is 0 Å². The molecule has 0 saturated carbocycles. The van der Waals surface area contributed by atoms with E-state index in [2.05, 4.69) is 6.92 Å². The number of halogens is 2. The van der Waals surface area contributed by atoms with Crippen LogP contribution in [0.3, 0.4) is 0 Å². The number of benzene rings is 1. The molecule has 1 saturated heterocycles. The van der Waals surface area contributed by atoms with Gasteiger partial charge in [0, 0.05) is 13.1 Å². The van der Waals surface area contributed by atoms with Crippen molar-refractivity contribution in [3.8, 4) is 0 Å². The van der Waals surface area contributed by atoms with Crippen LogP contribution in [0.2, 0.25) is 0 Å². The van der Waals surface area contributed by atoms with E-state index in [1.165, 1.54) is 4.31 Å². The third kappa shape index (κ3) is 3.18. The summed E-state index contributed by atoms with van der Waals surface area (Å²) in [5, 5.41) is 0. The van der Waals surface area contributed by atoms with Gasteiger partial charge in [0.15, 0.2) is 5.82 Å². The number of anilines is 1. The first-order valence-electron chi connectivity index (χ1n) is 7.11. The minimum Gasteiger partial charge on any atom is -0.394 e. The summed E-state index contributed by atoms with van der Waals surface area (Å²) in [7, 11) is -3.98. The van der Waals surface area contributed by atoms with Gasteiger partial charge >= 0.3 is 0 Å². The monoisotopic (exact) mass is 318 g/mol. The molecule has 1 aromatic rings. The predicted octanol–water partition coefficient (Wildman–Crippen LogP) is 2.75. The van der Waals surface area contributed by atoms with E-state index in [0.29, 0.717) is 19.0 Å². The summed E-state index contributed by atoms with van der Waals surface area (Å²) in [6.45, 7) is 2.79. The molecular formula is C14H20F2N2O2S. The predicted molar refractivity (Wildman–Crippen MR) is 77.2 cm³/mol. The molecule has 2 rings (SSSR count). The first-order valence-corrected chi connectivity index (χ1v) is 8.55. The topological polar surface area (TPSA) is 63.4 Å². The first-order chi connectivity index (χ1) is 9.87. The zero-order valence-electron chi connectivity index (χ0n) is 12.0. The van der Waals surface area contributed by atoms with E-state index in [1.807, 2.05) is 0 Å². The molecule has 0 bridgehead atoms. The summed E-state index contributed by atoms with van der Waals surface area (Å²) in [4.78, 5) is -0.545. The number of sulfonamides is 1. The Hall–Kier alpha value is -1.21. The molecule has 0 aromatic heterocycles. The van der Waals surface area contributed by atoms with Crippen molar-refractivity contribution in [2.45, 2.75) is 37.5 Å². The van der Waals surface area contributed by atoms with Gasteiger partial charge < -0.3 is 5.73 Å². The molecule has 21 heavy (non-hydrogen) atoms. The van der Waals surface area contributed by atoms with E-state index in [1.54, 1.807) is 0 Å². The lowest BCUT2D eigenvalue weighted by Crippen LogP contribution is -2.33. The highest BCUT2D eigenvalue weighted by molar-refractivity contribution is 7.89. The molecule has 1 unspecified atom stereocenters. The molecule has 0 spiro atoms. The molecule has 7 heteroatoms. The van der Waals surface area contributed by atoms with Crippen LogP contribution in [-0.4, -0.2) is 25.8 Å². The normalized spacial score (nSPS) is 21.2. The summed E-state index contributed by atoms with van der Waals surface area (Å²) >= 11 is 0. The van der Waals surface area contributed by atoms with Gasteiger partial charge in [-0.3, -0.25) is 0 Å². The average Bonchev–Trinajstić information content (AvgIpc) is 2.70. The van der Waals surface area contributed by atoms with Gasteiger partial charge in [0.05, 0.1) is 0 Å². The fourth-order valence-electron chi connectivity index (χ4n) is 2.68. The van der Waals surface area contributed by atoms with Gasteiger partial charge in [-0.15, -0.1) is 0 Å². The van der Waals surface area contributed by atoms with Gasteiger partial charge in [-0.1, -0.05) is 13.3 Å². The van der Waals surface area contributed by atoms with Gasteiger partial charge in [-0.25, -0.2) is 17.2 Å². The molecule has 1 aromatic carbocycles. The maximum absolute atomic E-state index is 14.0. The van der Waals surface area contributed by atoms with Crippen LogP contribution >= 0.6 is 0 Å². The third-order valence-corrected chi connectivity index (χ3v) is 6.01. The first kappa shape index (κ1) is 16.2. The van der Waals surface area contributed by atoms with Crippen LogP contribution in [0.4, 0.5) is 14.5 Å². The van der Waals surface area contributed by atoms with Crippen LogP contribution in [0.25, 0.3) is 0 Å². The van der Waals surface area contributed by atoms with Crippen LogP contribution in [0, 0.1) is 17.6 Å². The quantitative estimate of drug-likeness (QED) is 0.872. The van der Waals surface area contributed by atoms with Crippen LogP contribution in [0.15, 0.2) is 17.0 Å². The Bertz CT molecular complexity index is 620. The fourth-order valence-corrected chi connectivity index (χ4v) is 4.25. The highest BCUT2D eigenvalue weighted by Crippen LogP contribution is 2.28. The Balaban J connectivity index is 2.32. The molecule has 4 nitrogen and oxygen atoms in total. The zero-order chi connectivity index (χ0) is 15.6. The van der Waals surface area contributed by atoms with Crippen molar-refractivity contribution in [2.24, 2.45) is 5.92 Å². The number of nitrogens with zero attached hydrogens (tertiary/aromatic N) is 1. The summed E-state index contributed by atoms with van der Waals surface area (Å²) in [5.41, 5.74) is 4.50. The van der Waals surface area contributed by atoms with E-state index in [9.17, 15) is 17.2 Å². The second-order valence-corrected chi connectivity index (χ2v) is 7.29. The number of nitrogen functional groups attached to an aromatic ring is 1. The molecular weight excluding hydrogens is 298 g/mol. The highest BCUT2D eigenvalue weighted by Gasteiger charge is 2.30. The molecule has 2 N–H and O–H groups in total. The maximum Gasteiger partial charge on any atom is 0.246 e. The number of hydrogen-bond donors (Lipinski definition) is 1. The summed E-state index contributed by atoms with van der Waals surface area (Å²) in [5.74, 6) is -1.66. The van der Waals surface area contributed by atoms with Crippen molar-refractivity contribution < 1.29 is 17.2 Å². The van der Waals surface area contributed by atoms with Gasteiger partial charge in [-0.2, -0.15) is 4.31 Å². The molecule has 1 aliphatic heterocycles. The molecule has 0 aliphatic carbocycles. The Morgan fingerprint density at radius 3 is 2.67 bits per heavy atom. The second-order valence-electron chi connectivity index (χ2n) is 5.38. The van der Waals surface area contributed by atoms with Crippen molar-refractivity contribution in [1.82, 2.24) is 4.31 Å². The van der Waals surface area contributed by atoms with Crippen LogP contribution in [-0.2, 0) is 10.0 Å². The number of rotatable bonds is 3. The van der Waals surface area contributed by atoms with Crippen molar-refractivity contribution in [3.05, 3.63) is 23.8 Å². The average molecular weight is 318 g/mol. The van der Waals surface area contributed by atoms with Gasteiger partial charge in [-0.05, 0) is 37.3 Å². The van der Waals surface area contributed by atoms with E-state index in [4.69, 9.17) is 5.73 Å². The van der Waals surface area contributed by atoms with Crippen molar-refractivity contribution in [2.75, 3.05) is 18.8 Å². The SMILES string of the molecule is CCC1CCCN(S(=O)(=O)c2ccc(F)c(N)c2F)CC1. The Morgan fingerprint density at radius 1 is 1.29 bits per heavy atom. The molecule has 1 heterocycles. The molecule has 1 atom stereocenters.